The molecule has 0 saturated heterocycles. The zero-order chi connectivity index (χ0) is 30.4. The first-order chi connectivity index (χ1) is 19.2. The van der Waals surface area contributed by atoms with Gasteiger partial charge in [-0.15, -0.1) is 0 Å². The molecule has 0 aliphatic heterocycles. The average Bonchev–Trinajstić information content (AvgIpc) is 2.91. The van der Waals surface area contributed by atoms with E-state index in [1.165, 1.54) is 4.90 Å². The molecule has 0 fully saturated rings. The Bertz CT molecular complexity index is 1440. The molecule has 0 heterocycles. The van der Waals surface area contributed by atoms with Gasteiger partial charge in [0.2, 0.25) is 11.8 Å². The summed E-state index contributed by atoms with van der Waals surface area (Å²) in [5.74, 6) is -1.00. The number of sulfonamides is 1. The van der Waals surface area contributed by atoms with E-state index >= 15 is 0 Å². The number of carbonyl (C=O) groups excluding carboxylic acids is 2. The van der Waals surface area contributed by atoms with Gasteiger partial charge in [0.15, 0.2) is 0 Å². The van der Waals surface area contributed by atoms with Gasteiger partial charge in [-0.3, -0.25) is 13.9 Å². The largest absolute Gasteiger partial charge is 0.494 e. The molecular formula is C31H38FN3O5S. The molecule has 0 saturated carbocycles. The minimum atomic E-state index is -4.30. The quantitative estimate of drug-likeness (QED) is 0.341. The molecule has 220 valence electrons. The molecule has 41 heavy (non-hydrogen) atoms. The second-order valence-electron chi connectivity index (χ2n) is 10.8. The predicted octanol–water partition coefficient (Wildman–Crippen LogP) is 5.06. The van der Waals surface area contributed by atoms with Gasteiger partial charge in [-0.05, 0) is 95.6 Å². The maximum absolute atomic E-state index is 14.0. The van der Waals surface area contributed by atoms with E-state index in [1.54, 1.807) is 31.2 Å². The fraction of sp³-hybridized carbons (Fsp3) is 0.355. The zero-order valence-electron chi connectivity index (χ0n) is 24.3. The van der Waals surface area contributed by atoms with Crippen LogP contribution in [0.4, 0.5) is 10.1 Å². The summed E-state index contributed by atoms with van der Waals surface area (Å²) in [7, 11) is -4.30. The molecule has 0 aliphatic carbocycles. The van der Waals surface area contributed by atoms with Gasteiger partial charge in [0, 0.05) is 12.1 Å². The number of nitrogens with one attached hydrogen (secondary N) is 1. The topological polar surface area (TPSA) is 96.0 Å². The van der Waals surface area contributed by atoms with Crippen molar-refractivity contribution in [2.45, 2.75) is 64.6 Å². The molecule has 0 bridgehead atoms. The van der Waals surface area contributed by atoms with Crippen molar-refractivity contribution in [3.05, 3.63) is 89.7 Å². The van der Waals surface area contributed by atoms with E-state index in [2.05, 4.69) is 5.32 Å². The number of nitrogens with zero attached hydrogens (tertiary/aromatic N) is 2. The average molecular weight is 584 g/mol. The normalized spacial score (nSPS) is 12.4. The lowest BCUT2D eigenvalue weighted by Crippen LogP contribution is -2.54. The predicted molar refractivity (Wildman–Crippen MR) is 158 cm³/mol. The molecule has 0 aliphatic rings. The second-order valence-corrected chi connectivity index (χ2v) is 12.7. The van der Waals surface area contributed by atoms with Crippen LogP contribution in [0.5, 0.6) is 5.75 Å². The summed E-state index contributed by atoms with van der Waals surface area (Å²) in [5, 5.41) is 2.90. The van der Waals surface area contributed by atoms with Gasteiger partial charge in [-0.2, -0.15) is 0 Å². The van der Waals surface area contributed by atoms with Crippen molar-refractivity contribution in [3.63, 3.8) is 0 Å². The van der Waals surface area contributed by atoms with Gasteiger partial charge in [-0.1, -0.05) is 29.8 Å². The number of aryl methyl sites for hydroxylation is 1. The van der Waals surface area contributed by atoms with Crippen LogP contribution in [0, 0.1) is 12.7 Å². The Kier molecular flexibility index (Phi) is 10.1. The van der Waals surface area contributed by atoms with Gasteiger partial charge in [-0.25, -0.2) is 12.8 Å². The Balaban J connectivity index is 2.03. The van der Waals surface area contributed by atoms with Crippen molar-refractivity contribution in [2.75, 3.05) is 17.5 Å². The van der Waals surface area contributed by atoms with Crippen molar-refractivity contribution < 1.29 is 27.1 Å². The maximum Gasteiger partial charge on any atom is 0.264 e. The summed E-state index contributed by atoms with van der Waals surface area (Å²) in [5.41, 5.74) is 1.50. The second kappa shape index (κ2) is 13.2. The lowest BCUT2D eigenvalue weighted by atomic mass is 10.1. The summed E-state index contributed by atoms with van der Waals surface area (Å²) in [6.07, 6.45) is 0. The molecule has 1 N–H and O–H groups in total. The molecule has 0 spiro atoms. The van der Waals surface area contributed by atoms with E-state index in [4.69, 9.17) is 4.74 Å². The zero-order valence-corrected chi connectivity index (χ0v) is 25.2. The first kappa shape index (κ1) is 31.6. The summed E-state index contributed by atoms with van der Waals surface area (Å²) in [6.45, 7) is 10.8. The number of amides is 2. The molecule has 3 rings (SSSR count). The Morgan fingerprint density at radius 1 is 0.951 bits per heavy atom. The fourth-order valence-corrected chi connectivity index (χ4v) is 5.50. The highest BCUT2D eigenvalue weighted by molar-refractivity contribution is 7.92. The fourth-order valence-electron chi connectivity index (χ4n) is 4.08. The molecule has 8 nitrogen and oxygen atoms in total. The van der Waals surface area contributed by atoms with Crippen molar-refractivity contribution in [3.8, 4) is 5.75 Å². The minimum Gasteiger partial charge on any atom is -0.494 e. The molecular weight excluding hydrogens is 545 g/mol. The number of carbonyl (C=O) groups is 2. The number of benzene rings is 3. The highest BCUT2D eigenvalue weighted by Gasteiger charge is 2.33. The molecule has 2 amide bonds. The molecule has 0 aromatic heterocycles. The SMILES string of the molecule is CCOc1ccc(N(CC(=O)N(Cc2ccc(C)cc2)[C@H](C)C(=O)NC(C)(C)C)S(=O)(=O)c2ccc(F)cc2)cc1. The van der Waals surface area contributed by atoms with E-state index in [1.807, 2.05) is 58.9 Å². The maximum atomic E-state index is 14.0. The Labute approximate surface area is 242 Å². The third-order valence-electron chi connectivity index (χ3n) is 6.26. The Morgan fingerprint density at radius 3 is 2.07 bits per heavy atom. The van der Waals surface area contributed by atoms with Crippen LogP contribution < -0.4 is 14.4 Å². The molecule has 1 atom stereocenters. The van der Waals surface area contributed by atoms with Crippen LogP contribution in [0.15, 0.2) is 77.7 Å². The van der Waals surface area contributed by atoms with Gasteiger partial charge in [0.05, 0.1) is 17.2 Å². The van der Waals surface area contributed by atoms with Gasteiger partial charge < -0.3 is 15.0 Å². The monoisotopic (exact) mass is 583 g/mol. The minimum absolute atomic E-state index is 0.0888. The van der Waals surface area contributed by atoms with E-state index in [9.17, 15) is 22.4 Å². The standard InChI is InChI=1S/C31H38FN3O5S/c1-7-40-27-16-14-26(15-17-27)35(41(38,39)28-18-12-25(32)13-19-28)21-29(36)34(20-24-10-8-22(2)9-11-24)23(3)30(37)33-31(4,5)6/h8-19,23H,7,20-21H2,1-6H3,(H,33,37)/t23-/m1/s1. The van der Waals surface area contributed by atoms with E-state index in [0.29, 0.717) is 12.4 Å². The van der Waals surface area contributed by atoms with Crippen molar-refractivity contribution >= 4 is 27.5 Å². The van der Waals surface area contributed by atoms with Crippen LogP contribution in [-0.2, 0) is 26.2 Å². The van der Waals surface area contributed by atoms with Gasteiger partial charge >= 0.3 is 0 Å². The highest BCUT2D eigenvalue weighted by atomic mass is 32.2. The third kappa shape index (κ3) is 8.53. The Morgan fingerprint density at radius 2 is 1.54 bits per heavy atom. The lowest BCUT2D eigenvalue weighted by molar-refractivity contribution is -0.140. The number of ether oxygens (including phenoxy) is 1. The first-order valence-corrected chi connectivity index (χ1v) is 14.8. The van der Waals surface area contributed by atoms with E-state index in [-0.39, 0.29) is 23.0 Å². The van der Waals surface area contributed by atoms with Crippen molar-refractivity contribution in [2.24, 2.45) is 0 Å². The molecule has 0 radical (unpaired) electrons. The lowest BCUT2D eigenvalue weighted by Gasteiger charge is -2.33. The number of hydrogen-bond acceptors (Lipinski definition) is 5. The Hall–Kier alpha value is -3.92. The van der Waals surface area contributed by atoms with Crippen LogP contribution in [-0.4, -0.2) is 49.9 Å². The van der Waals surface area contributed by atoms with Gasteiger partial charge in [0.1, 0.15) is 24.2 Å². The van der Waals surface area contributed by atoms with Crippen LogP contribution in [0.1, 0.15) is 45.7 Å². The third-order valence-corrected chi connectivity index (χ3v) is 8.04. The molecule has 3 aromatic rings. The van der Waals surface area contributed by atoms with Crippen molar-refractivity contribution in [1.82, 2.24) is 10.2 Å². The number of anilines is 1. The van der Waals surface area contributed by atoms with E-state index < -0.39 is 39.9 Å². The van der Waals surface area contributed by atoms with Crippen LogP contribution in [0.25, 0.3) is 0 Å². The summed E-state index contributed by atoms with van der Waals surface area (Å²) in [4.78, 5) is 28.3. The molecule has 10 heteroatoms. The summed E-state index contributed by atoms with van der Waals surface area (Å²) in [6, 6.07) is 17.3. The number of hydrogen-bond donors (Lipinski definition) is 1. The van der Waals surface area contributed by atoms with Crippen molar-refractivity contribution in [1.29, 1.82) is 0 Å². The van der Waals surface area contributed by atoms with Gasteiger partial charge in [0.25, 0.3) is 10.0 Å². The van der Waals surface area contributed by atoms with E-state index in [0.717, 1.165) is 39.7 Å². The van der Waals surface area contributed by atoms with Crippen LogP contribution >= 0.6 is 0 Å². The smallest absolute Gasteiger partial charge is 0.264 e. The van der Waals surface area contributed by atoms with Crippen LogP contribution in [0.2, 0.25) is 0 Å². The molecule has 3 aromatic carbocycles. The van der Waals surface area contributed by atoms with Crippen LogP contribution in [0.3, 0.4) is 0 Å². The molecule has 0 unspecified atom stereocenters. The number of halogens is 1. The summed E-state index contributed by atoms with van der Waals surface area (Å²) < 4.78 is 47.7. The number of rotatable bonds is 11. The summed E-state index contributed by atoms with van der Waals surface area (Å²) >= 11 is 0. The highest BCUT2D eigenvalue weighted by Crippen LogP contribution is 2.27. The first-order valence-electron chi connectivity index (χ1n) is 13.4.